The Labute approximate surface area is 179 Å². The first-order valence-electron chi connectivity index (χ1n) is 9.61. The maximum Gasteiger partial charge on any atom is 0.213 e. The van der Waals surface area contributed by atoms with Gasteiger partial charge in [-0.15, -0.1) is 24.0 Å². The normalized spacial score (nSPS) is 16.7. The van der Waals surface area contributed by atoms with Crippen molar-refractivity contribution in [2.75, 3.05) is 39.5 Å². The predicted molar refractivity (Wildman–Crippen MR) is 118 cm³/mol. The molecule has 7 nitrogen and oxygen atoms in total. The number of pyridine rings is 1. The Bertz CT molecular complexity index is 539. The molecule has 0 amide bonds. The molecule has 2 rings (SSSR count). The summed E-state index contributed by atoms with van der Waals surface area (Å²) < 4.78 is 16.6. The van der Waals surface area contributed by atoms with Gasteiger partial charge in [0.15, 0.2) is 5.96 Å². The van der Waals surface area contributed by atoms with Crippen LogP contribution in [0.1, 0.15) is 38.7 Å². The first kappa shape index (κ1) is 23.9. The molecule has 1 saturated heterocycles. The van der Waals surface area contributed by atoms with Crippen molar-refractivity contribution in [2.24, 2.45) is 4.99 Å². The Morgan fingerprint density at radius 1 is 1.37 bits per heavy atom. The molecule has 27 heavy (non-hydrogen) atoms. The van der Waals surface area contributed by atoms with E-state index in [0.29, 0.717) is 31.7 Å². The number of guanidine groups is 1. The van der Waals surface area contributed by atoms with Crippen LogP contribution >= 0.6 is 24.0 Å². The minimum Gasteiger partial charge on any atom is -0.478 e. The van der Waals surface area contributed by atoms with Gasteiger partial charge in [0.25, 0.3) is 0 Å². The minimum atomic E-state index is 0. The molecule has 2 N–H and O–H groups in total. The lowest BCUT2D eigenvalue weighted by Gasteiger charge is -2.13. The highest BCUT2D eigenvalue weighted by molar-refractivity contribution is 14.0. The highest BCUT2D eigenvalue weighted by Gasteiger charge is 2.14. The van der Waals surface area contributed by atoms with Crippen molar-refractivity contribution in [3.8, 4) is 5.88 Å². The van der Waals surface area contributed by atoms with Gasteiger partial charge in [-0.05, 0) is 44.7 Å². The van der Waals surface area contributed by atoms with Crippen LogP contribution in [0.15, 0.2) is 23.3 Å². The summed E-state index contributed by atoms with van der Waals surface area (Å²) in [6, 6.07) is 3.88. The molecule has 1 fully saturated rings. The van der Waals surface area contributed by atoms with Crippen LogP contribution < -0.4 is 15.4 Å². The number of halogens is 1. The first-order valence-corrected chi connectivity index (χ1v) is 9.61. The fourth-order valence-electron chi connectivity index (χ4n) is 2.66. The van der Waals surface area contributed by atoms with E-state index in [1.54, 1.807) is 6.20 Å². The topological polar surface area (TPSA) is 77.0 Å². The van der Waals surface area contributed by atoms with Crippen molar-refractivity contribution >= 4 is 29.9 Å². The van der Waals surface area contributed by atoms with E-state index in [4.69, 9.17) is 14.2 Å². The van der Waals surface area contributed by atoms with Gasteiger partial charge in [-0.1, -0.05) is 0 Å². The van der Waals surface area contributed by atoms with Crippen LogP contribution in [0.25, 0.3) is 0 Å². The van der Waals surface area contributed by atoms with Gasteiger partial charge in [-0.3, -0.25) is 0 Å². The molecule has 1 atom stereocenters. The van der Waals surface area contributed by atoms with Gasteiger partial charge in [0, 0.05) is 38.6 Å². The third kappa shape index (κ3) is 10.1. The average molecular weight is 492 g/mol. The van der Waals surface area contributed by atoms with Crippen molar-refractivity contribution in [3.63, 3.8) is 0 Å². The van der Waals surface area contributed by atoms with Crippen molar-refractivity contribution in [2.45, 2.75) is 45.8 Å². The second-order valence-electron chi connectivity index (χ2n) is 6.12. The zero-order chi connectivity index (χ0) is 18.5. The summed E-state index contributed by atoms with van der Waals surface area (Å²) in [6.45, 7) is 9.15. The molecule has 0 radical (unpaired) electrons. The van der Waals surface area contributed by atoms with Crippen LogP contribution in [0.5, 0.6) is 5.88 Å². The lowest BCUT2D eigenvalue weighted by Crippen LogP contribution is -2.38. The van der Waals surface area contributed by atoms with E-state index in [2.05, 4.69) is 27.5 Å². The van der Waals surface area contributed by atoms with Crippen LogP contribution in [0, 0.1) is 0 Å². The Hall–Kier alpha value is -1.13. The van der Waals surface area contributed by atoms with Gasteiger partial charge in [-0.2, -0.15) is 0 Å². The number of nitrogens with one attached hydrogen (secondary N) is 2. The highest BCUT2D eigenvalue weighted by Crippen LogP contribution is 2.12. The Morgan fingerprint density at radius 3 is 3.00 bits per heavy atom. The molecule has 2 heterocycles. The summed E-state index contributed by atoms with van der Waals surface area (Å²) in [7, 11) is 0. The average Bonchev–Trinajstić information content (AvgIpc) is 3.16. The highest BCUT2D eigenvalue weighted by atomic mass is 127. The molecule has 0 aliphatic carbocycles. The molecule has 0 aromatic carbocycles. The SMILES string of the molecule is CCNC(=NCc1ccnc(OCC)c1)NCCCOCC1CCCO1.I. The largest absolute Gasteiger partial charge is 0.478 e. The van der Waals surface area contributed by atoms with E-state index >= 15 is 0 Å². The fraction of sp³-hybridized carbons (Fsp3) is 0.684. The summed E-state index contributed by atoms with van der Waals surface area (Å²) in [5.41, 5.74) is 1.07. The molecule has 1 aliphatic heterocycles. The molecule has 1 unspecified atom stereocenters. The summed E-state index contributed by atoms with van der Waals surface area (Å²) in [4.78, 5) is 8.79. The van der Waals surface area contributed by atoms with Crippen LogP contribution in [-0.2, 0) is 16.0 Å². The van der Waals surface area contributed by atoms with Crippen molar-refractivity contribution < 1.29 is 14.2 Å². The second kappa shape index (κ2) is 14.9. The lowest BCUT2D eigenvalue weighted by atomic mass is 10.2. The number of ether oxygens (including phenoxy) is 3. The molecular formula is C19H33IN4O3. The zero-order valence-corrected chi connectivity index (χ0v) is 18.7. The molecule has 0 saturated carbocycles. The smallest absolute Gasteiger partial charge is 0.213 e. The third-order valence-corrected chi connectivity index (χ3v) is 3.94. The summed E-state index contributed by atoms with van der Waals surface area (Å²) in [6.07, 6.45) is 5.25. The molecule has 1 aromatic rings. The van der Waals surface area contributed by atoms with E-state index < -0.39 is 0 Å². The van der Waals surface area contributed by atoms with Crippen LogP contribution in [0.2, 0.25) is 0 Å². The van der Waals surface area contributed by atoms with Crippen LogP contribution in [-0.4, -0.2) is 56.6 Å². The number of aliphatic imine (C=N–C) groups is 1. The maximum absolute atomic E-state index is 5.68. The molecule has 8 heteroatoms. The molecular weight excluding hydrogens is 459 g/mol. The summed E-state index contributed by atoms with van der Waals surface area (Å²) in [5, 5.41) is 6.60. The Morgan fingerprint density at radius 2 is 2.26 bits per heavy atom. The standard InChI is InChI=1S/C19H32N4O3.HI/c1-3-20-19(22-9-6-11-24-15-17-7-5-12-26-17)23-14-16-8-10-21-18(13-16)25-4-2;/h8,10,13,17H,3-7,9,11-12,14-15H2,1-2H3,(H2,20,22,23);1H. The number of hydrogen-bond donors (Lipinski definition) is 2. The molecule has 1 aliphatic rings. The first-order chi connectivity index (χ1) is 12.8. The molecule has 154 valence electrons. The van der Waals surface area contributed by atoms with E-state index in [9.17, 15) is 0 Å². The van der Waals surface area contributed by atoms with E-state index in [-0.39, 0.29) is 24.0 Å². The number of hydrogen-bond acceptors (Lipinski definition) is 5. The van der Waals surface area contributed by atoms with Gasteiger partial charge < -0.3 is 24.8 Å². The van der Waals surface area contributed by atoms with Crippen molar-refractivity contribution in [1.29, 1.82) is 0 Å². The summed E-state index contributed by atoms with van der Waals surface area (Å²) in [5.74, 6) is 1.45. The van der Waals surface area contributed by atoms with E-state index in [0.717, 1.165) is 57.1 Å². The Balaban J connectivity index is 0.00000364. The lowest BCUT2D eigenvalue weighted by molar-refractivity contribution is 0.0168. The predicted octanol–water partition coefficient (Wildman–Crippen LogP) is 2.74. The third-order valence-electron chi connectivity index (χ3n) is 3.94. The minimum absolute atomic E-state index is 0. The molecule has 0 bridgehead atoms. The van der Waals surface area contributed by atoms with Gasteiger partial charge in [0.05, 0.1) is 25.9 Å². The quantitative estimate of drug-likeness (QED) is 0.214. The van der Waals surface area contributed by atoms with Gasteiger partial charge in [0.1, 0.15) is 0 Å². The number of rotatable bonds is 11. The number of aromatic nitrogens is 1. The molecule has 0 spiro atoms. The Kier molecular flexibility index (Phi) is 13.2. The van der Waals surface area contributed by atoms with Crippen molar-refractivity contribution in [3.05, 3.63) is 23.9 Å². The monoisotopic (exact) mass is 492 g/mol. The fourth-order valence-corrected chi connectivity index (χ4v) is 2.66. The number of nitrogens with zero attached hydrogens (tertiary/aromatic N) is 2. The second-order valence-corrected chi connectivity index (χ2v) is 6.12. The zero-order valence-electron chi connectivity index (χ0n) is 16.4. The van der Waals surface area contributed by atoms with Gasteiger partial charge in [0.2, 0.25) is 5.88 Å². The van der Waals surface area contributed by atoms with Gasteiger partial charge in [-0.25, -0.2) is 9.98 Å². The summed E-state index contributed by atoms with van der Waals surface area (Å²) >= 11 is 0. The van der Waals surface area contributed by atoms with E-state index in [1.807, 2.05) is 19.1 Å². The van der Waals surface area contributed by atoms with Gasteiger partial charge >= 0.3 is 0 Å². The van der Waals surface area contributed by atoms with E-state index in [1.165, 1.54) is 0 Å². The maximum atomic E-state index is 5.68. The van der Waals surface area contributed by atoms with Crippen molar-refractivity contribution in [1.82, 2.24) is 15.6 Å². The molecule has 1 aromatic heterocycles. The van der Waals surface area contributed by atoms with Crippen LogP contribution in [0.3, 0.4) is 0 Å². The van der Waals surface area contributed by atoms with Crippen LogP contribution in [0.4, 0.5) is 0 Å².